The van der Waals surface area contributed by atoms with Gasteiger partial charge in [-0.2, -0.15) is 0 Å². The lowest BCUT2D eigenvalue weighted by molar-refractivity contribution is -0.131. The average molecular weight is 481 g/mol. The lowest BCUT2D eigenvalue weighted by atomic mass is 9.83. The Morgan fingerprint density at radius 2 is 1.91 bits per heavy atom. The van der Waals surface area contributed by atoms with Crippen LogP contribution in [0.25, 0.3) is 0 Å². The zero-order chi connectivity index (χ0) is 23.1. The van der Waals surface area contributed by atoms with Crippen molar-refractivity contribution in [2.45, 2.75) is 36.5 Å². The summed E-state index contributed by atoms with van der Waals surface area (Å²) in [4.78, 5) is 20.9. The second-order valence-electron chi connectivity index (χ2n) is 8.53. The number of nitrogens with one attached hydrogen (secondary N) is 2. The minimum atomic E-state index is -0.420. The summed E-state index contributed by atoms with van der Waals surface area (Å²) in [5.41, 5.74) is 10.0. The molecule has 3 N–H and O–H groups in total. The molecule has 2 saturated heterocycles. The molecule has 4 atom stereocenters. The zero-order valence-electron chi connectivity index (χ0n) is 18.3. The predicted octanol–water partition coefficient (Wildman–Crippen LogP) is 4.39. The van der Waals surface area contributed by atoms with Gasteiger partial charge in [-0.25, -0.2) is 10.9 Å². The number of amides is 1. The van der Waals surface area contributed by atoms with E-state index >= 15 is 0 Å². The molecule has 0 spiro atoms. The number of phenols is 1. The lowest BCUT2D eigenvalue weighted by Crippen LogP contribution is -2.41. The summed E-state index contributed by atoms with van der Waals surface area (Å²) in [7, 11) is 0. The van der Waals surface area contributed by atoms with Gasteiger partial charge in [0, 0.05) is 40.3 Å². The number of hydrogen-bond acceptors (Lipinski definition) is 6. The summed E-state index contributed by atoms with van der Waals surface area (Å²) in [6.07, 6.45) is 5.57. The number of carbonyl (C=O) groups excluding carboxylic acids is 1. The number of nitrogens with zero attached hydrogens (tertiary/aromatic N) is 2. The summed E-state index contributed by atoms with van der Waals surface area (Å²) < 4.78 is 0. The average Bonchev–Trinajstić information content (AvgIpc) is 3.36. The number of benzene rings is 2. The molecule has 8 heteroatoms. The van der Waals surface area contributed by atoms with E-state index in [9.17, 15) is 9.90 Å². The molecule has 2 fully saturated rings. The highest BCUT2D eigenvalue weighted by molar-refractivity contribution is 7.98. The van der Waals surface area contributed by atoms with Gasteiger partial charge in [-0.15, -0.1) is 11.8 Å². The lowest BCUT2D eigenvalue weighted by Gasteiger charge is -2.31. The number of carbonyl (C=O) groups is 1. The highest BCUT2D eigenvalue weighted by atomic mass is 35.5. The fourth-order valence-corrected chi connectivity index (χ4v) is 5.54. The maximum Gasteiger partial charge on any atom is 0.242 e. The minimum Gasteiger partial charge on any atom is -0.508 e. The van der Waals surface area contributed by atoms with Crippen LogP contribution in [0.4, 0.5) is 0 Å². The van der Waals surface area contributed by atoms with E-state index < -0.39 is 6.04 Å². The first-order valence-electron chi connectivity index (χ1n) is 10.8. The number of pyridine rings is 1. The van der Waals surface area contributed by atoms with Crippen molar-refractivity contribution in [3.8, 4) is 5.75 Å². The molecule has 5 rings (SSSR count). The monoisotopic (exact) mass is 480 g/mol. The fourth-order valence-electron chi connectivity index (χ4n) is 4.96. The molecule has 0 radical (unpaired) electrons. The van der Waals surface area contributed by atoms with E-state index in [0.29, 0.717) is 17.1 Å². The molecule has 1 amide bonds. The molecule has 2 aliphatic heterocycles. The Labute approximate surface area is 202 Å². The standard InChI is InChI=1S/C25H25ClN4O2S/c1-14-10-20(31)18(11-19(14)26)22-21-23(29-28-22)25(32)30(13-15-4-3-9-27-12-15)24(21)16-5-7-17(33-2)8-6-16/h3-12,21-24,28-29,31H,13H2,1-2H3. The van der Waals surface area contributed by atoms with Crippen LogP contribution < -0.4 is 10.9 Å². The largest absolute Gasteiger partial charge is 0.508 e. The van der Waals surface area contributed by atoms with E-state index in [1.807, 2.05) is 30.2 Å². The van der Waals surface area contributed by atoms with Crippen molar-refractivity contribution in [2.24, 2.45) is 5.92 Å². The van der Waals surface area contributed by atoms with Gasteiger partial charge >= 0.3 is 0 Å². The predicted molar refractivity (Wildman–Crippen MR) is 130 cm³/mol. The summed E-state index contributed by atoms with van der Waals surface area (Å²) in [5, 5.41) is 11.3. The Balaban J connectivity index is 1.58. The van der Waals surface area contributed by atoms with Crippen LogP contribution in [0.5, 0.6) is 5.75 Å². The van der Waals surface area contributed by atoms with Gasteiger partial charge in [0.05, 0.1) is 12.1 Å². The minimum absolute atomic E-state index is 0.0236. The number of phenolic OH excluding ortho intramolecular Hbond substituents is 1. The molecule has 1 aromatic heterocycles. The zero-order valence-corrected chi connectivity index (χ0v) is 19.9. The van der Waals surface area contributed by atoms with E-state index in [1.54, 1.807) is 36.3 Å². The first-order valence-corrected chi connectivity index (χ1v) is 12.4. The maximum absolute atomic E-state index is 13.6. The van der Waals surface area contributed by atoms with Crippen molar-refractivity contribution in [2.75, 3.05) is 6.26 Å². The van der Waals surface area contributed by atoms with Gasteiger partial charge in [-0.1, -0.05) is 29.8 Å². The summed E-state index contributed by atoms with van der Waals surface area (Å²) >= 11 is 8.10. The number of aromatic hydroxyl groups is 1. The molecular weight excluding hydrogens is 456 g/mol. The number of hydrazine groups is 1. The van der Waals surface area contributed by atoms with Crippen molar-refractivity contribution >= 4 is 29.3 Å². The molecule has 33 heavy (non-hydrogen) atoms. The number of aryl methyl sites for hydroxylation is 1. The van der Waals surface area contributed by atoms with Crippen LogP contribution in [0.15, 0.2) is 65.8 Å². The summed E-state index contributed by atoms with van der Waals surface area (Å²) in [6.45, 7) is 2.32. The topological polar surface area (TPSA) is 77.5 Å². The number of hydrogen-bond donors (Lipinski definition) is 3. The number of thioether (sulfide) groups is 1. The van der Waals surface area contributed by atoms with E-state index in [4.69, 9.17) is 11.6 Å². The third-order valence-electron chi connectivity index (χ3n) is 6.59. The molecule has 0 saturated carbocycles. The normalized spacial score (nSPS) is 24.3. The first kappa shape index (κ1) is 22.2. The quantitative estimate of drug-likeness (QED) is 0.470. The SMILES string of the molecule is CSc1ccc(C2C3C(NNC3c3cc(Cl)c(C)cc3O)C(=O)N2Cc2cccnc2)cc1. The molecular formula is C25H25ClN4O2S. The van der Waals surface area contributed by atoms with Gasteiger partial charge in [-0.3, -0.25) is 9.78 Å². The number of aromatic nitrogens is 1. The van der Waals surface area contributed by atoms with Gasteiger partial charge in [0.25, 0.3) is 0 Å². The van der Waals surface area contributed by atoms with E-state index in [1.165, 1.54) is 4.90 Å². The van der Waals surface area contributed by atoms with Crippen LogP contribution in [-0.4, -0.2) is 33.2 Å². The van der Waals surface area contributed by atoms with Gasteiger partial charge < -0.3 is 10.0 Å². The Hall–Kier alpha value is -2.58. The molecule has 0 aliphatic carbocycles. The van der Waals surface area contributed by atoms with Crippen molar-refractivity contribution in [3.63, 3.8) is 0 Å². The number of fused-ring (bicyclic) bond motifs is 1. The maximum atomic E-state index is 13.6. The third kappa shape index (κ3) is 3.99. The molecule has 3 heterocycles. The van der Waals surface area contributed by atoms with Crippen LogP contribution in [0.1, 0.15) is 34.3 Å². The number of likely N-dealkylation sites (tertiary alicyclic amines) is 1. The smallest absolute Gasteiger partial charge is 0.242 e. The highest BCUT2D eigenvalue weighted by Gasteiger charge is 2.55. The second-order valence-corrected chi connectivity index (χ2v) is 9.81. The van der Waals surface area contributed by atoms with Crippen LogP contribution >= 0.6 is 23.4 Å². The van der Waals surface area contributed by atoms with E-state index in [-0.39, 0.29) is 29.7 Å². The Kier molecular flexibility index (Phi) is 6.05. The Morgan fingerprint density at radius 1 is 1.15 bits per heavy atom. The molecule has 2 aromatic carbocycles. The van der Waals surface area contributed by atoms with Crippen molar-refractivity contribution in [3.05, 3.63) is 88.2 Å². The molecule has 2 aliphatic rings. The van der Waals surface area contributed by atoms with Crippen LogP contribution in [0.3, 0.4) is 0 Å². The first-order chi connectivity index (χ1) is 16.0. The van der Waals surface area contributed by atoms with Crippen LogP contribution in [-0.2, 0) is 11.3 Å². The molecule has 4 unspecified atom stereocenters. The second kappa shape index (κ2) is 8.99. The summed E-state index contributed by atoms with van der Waals surface area (Å²) in [5.74, 6) is 0.0564. The Morgan fingerprint density at radius 3 is 2.61 bits per heavy atom. The van der Waals surface area contributed by atoms with Crippen molar-refractivity contribution < 1.29 is 9.90 Å². The number of halogens is 1. The summed E-state index contributed by atoms with van der Waals surface area (Å²) in [6, 6.07) is 14.8. The number of rotatable bonds is 5. The van der Waals surface area contributed by atoms with Crippen LogP contribution in [0.2, 0.25) is 5.02 Å². The van der Waals surface area contributed by atoms with Gasteiger partial charge in [0.2, 0.25) is 5.91 Å². The third-order valence-corrected chi connectivity index (χ3v) is 7.74. The van der Waals surface area contributed by atoms with E-state index in [2.05, 4.69) is 40.1 Å². The molecule has 170 valence electrons. The highest BCUT2D eigenvalue weighted by Crippen LogP contribution is 2.49. The Bertz CT molecular complexity index is 1180. The molecule has 3 aromatic rings. The van der Waals surface area contributed by atoms with Gasteiger partial charge in [0.1, 0.15) is 11.8 Å². The van der Waals surface area contributed by atoms with E-state index in [0.717, 1.165) is 16.7 Å². The van der Waals surface area contributed by atoms with Crippen molar-refractivity contribution in [1.29, 1.82) is 0 Å². The van der Waals surface area contributed by atoms with Crippen LogP contribution in [0, 0.1) is 12.8 Å². The van der Waals surface area contributed by atoms with Crippen molar-refractivity contribution in [1.82, 2.24) is 20.7 Å². The molecule has 6 nitrogen and oxygen atoms in total. The molecule has 0 bridgehead atoms. The van der Waals surface area contributed by atoms with Gasteiger partial charge in [0.15, 0.2) is 0 Å². The fraction of sp³-hybridized carbons (Fsp3) is 0.280. The van der Waals surface area contributed by atoms with Gasteiger partial charge in [-0.05, 0) is 60.2 Å².